The van der Waals surface area contributed by atoms with Gasteiger partial charge in [-0.2, -0.15) is 0 Å². The summed E-state index contributed by atoms with van der Waals surface area (Å²) in [5.74, 6) is -4.06. The highest BCUT2D eigenvalue weighted by Crippen LogP contribution is 1.94. The molecule has 0 rings (SSSR count). The lowest BCUT2D eigenvalue weighted by Crippen LogP contribution is -2.45. The summed E-state index contributed by atoms with van der Waals surface area (Å²) in [6, 6.07) is 0. The van der Waals surface area contributed by atoms with Crippen LogP contribution in [0.5, 0.6) is 0 Å². The maximum absolute atomic E-state index is 12.1. The predicted molar refractivity (Wildman–Crippen MR) is 139 cm³/mol. The molecule has 0 aliphatic heterocycles. The Morgan fingerprint density at radius 1 is 0.641 bits per heavy atom. The number of nitrogens with one attached hydrogen (secondary N) is 1. The van der Waals surface area contributed by atoms with E-state index in [0.29, 0.717) is 52.7 Å². The molecule has 0 atom stereocenters. The van der Waals surface area contributed by atoms with Gasteiger partial charge < -0.3 is 44.4 Å². The summed E-state index contributed by atoms with van der Waals surface area (Å²) in [7, 11) is 0. The molecule has 0 aromatic heterocycles. The number of carbonyl (C=O) groups is 5. The van der Waals surface area contributed by atoms with Crippen LogP contribution in [0.25, 0.3) is 0 Å². The first-order valence-electron chi connectivity index (χ1n) is 12.8. The van der Waals surface area contributed by atoms with Crippen molar-refractivity contribution < 1.29 is 58.2 Å². The number of hydrogen-bond donors (Lipinski definition) is 4. The van der Waals surface area contributed by atoms with Crippen LogP contribution < -0.4 is 5.32 Å². The van der Waals surface area contributed by atoms with Gasteiger partial charge in [-0.3, -0.25) is 29.0 Å². The van der Waals surface area contributed by atoms with Crippen LogP contribution in [-0.2, 0) is 42.9 Å². The van der Waals surface area contributed by atoms with E-state index in [4.69, 9.17) is 34.3 Å². The van der Waals surface area contributed by atoms with Gasteiger partial charge in [0.1, 0.15) is 6.29 Å². The molecular weight excluding hydrogens is 522 g/mol. The minimum Gasteiger partial charge on any atom is -0.480 e. The van der Waals surface area contributed by atoms with Crippen molar-refractivity contribution in [3.8, 4) is 0 Å². The number of nitrogens with zero attached hydrogens (tertiary/aromatic N) is 2. The molecule has 0 spiro atoms. The summed E-state index contributed by atoms with van der Waals surface area (Å²) < 4.78 is 21.1. The summed E-state index contributed by atoms with van der Waals surface area (Å²) in [6.07, 6.45) is 2.40. The monoisotopic (exact) mass is 567 g/mol. The van der Waals surface area contributed by atoms with Crippen molar-refractivity contribution in [2.24, 2.45) is 0 Å². The second-order valence-electron chi connectivity index (χ2n) is 8.06. The lowest BCUT2D eigenvalue weighted by molar-refractivity contribution is -0.143. The van der Waals surface area contributed by atoms with E-state index in [1.807, 2.05) is 0 Å². The molecule has 0 heterocycles. The minimum absolute atomic E-state index is 0.00890. The van der Waals surface area contributed by atoms with Crippen LogP contribution in [0.3, 0.4) is 0 Å². The number of aldehydes is 1. The van der Waals surface area contributed by atoms with Gasteiger partial charge in [0.05, 0.1) is 79.0 Å². The molecule has 228 valence electrons. The second-order valence-corrected chi connectivity index (χ2v) is 8.06. The molecule has 0 aliphatic carbocycles. The normalized spacial score (nSPS) is 10.7. The van der Waals surface area contributed by atoms with E-state index in [0.717, 1.165) is 11.2 Å². The molecule has 15 heteroatoms. The van der Waals surface area contributed by atoms with E-state index >= 15 is 0 Å². The molecule has 0 aromatic rings. The lowest BCUT2D eigenvalue weighted by Gasteiger charge is -2.24. The van der Waals surface area contributed by atoms with Gasteiger partial charge >= 0.3 is 17.9 Å². The molecule has 4 N–H and O–H groups in total. The number of aliphatic carboxylic acids is 3. The fraction of sp³-hybridized carbons (Fsp3) is 0.792. The molecule has 0 aromatic carbocycles. The molecular formula is C24H45N3O12. The highest BCUT2D eigenvalue weighted by atomic mass is 16.6. The van der Waals surface area contributed by atoms with Gasteiger partial charge in [0.15, 0.2) is 0 Å². The zero-order valence-corrected chi connectivity index (χ0v) is 23.0. The molecule has 0 aliphatic rings. The Hall–Kier alpha value is -2.69. The van der Waals surface area contributed by atoms with Gasteiger partial charge in [-0.1, -0.05) is 20.3 Å². The third kappa shape index (κ3) is 31.4. The van der Waals surface area contributed by atoms with Crippen molar-refractivity contribution in [1.29, 1.82) is 0 Å². The smallest absolute Gasteiger partial charge is 0.317 e. The Kier molecular flexibility index (Phi) is 27.9. The minimum atomic E-state index is -1.22. The highest BCUT2D eigenvalue weighted by molar-refractivity contribution is 5.79. The molecule has 15 nitrogen and oxygen atoms in total. The number of hydrogen-bond acceptors (Lipinski definition) is 11. The molecule has 0 fully saturated rings. The number of rotatable bonds is 26. The van der Waals surface area contributed by atoms with Gasteiger partial charge in [-0.15, -0.1) is 0 Å². The van der Waals surface area contributed by atoms with Crippen molar-refractivity contribution in [3.63, 3.8) is 0 Å². The molecule has 39 heavy (non-hydrogen) atoms. The quantitative estimate of drug-likeness (QED) is 0.0734. The maximum atomic E-state index is 12.1. The first-order chi connectivity index (χ1) is 18.7. The van der Waals surface area contributed by atoms with Gasteiger partial charge in [0, 0.05) is 26.1 Å². The van der Waals surface area contributed by atoms with Crippen molar-refractivity contribution in [2.45, 2.75) is 26.7 Å². The summed E-state index contributed by atoms with van der Waals surface area (Å²) in [6.45, 7) is 5.45. The van der Waals surface area contributed by atoms with E-state index in [9.17, 15) is 24.0 Å². The van der Waals surface area contributed by atoms with E-state index in [-0.39, 0.29) is 32.8 Å². The summed E-state index contributed by atoms with van der Waals surface area (Å²) in [5, 5.41) is 29.4. The van der Waals surface area contributed by atoms with Gasteiger partial charge in [-0.25, -0.2) is 0 Å². The lowest BCUT2D eigenvalue weighted by atomic mass is 10.3. The molecule has 1 amide bonds. The van der Waals surface area contributed by atoms with E-state index in [1.165, 1.54) is 11.3 Å². The Bertz CT molecular complexity index is 650. The SMILES string of the molecule is CCC.O=CCCOCCOCCOCCOCCNC(=O)CN(CCN(CC(=O)O)CC(=O)O)CC(=O)O. The fourth-order valence-corrected chi connectivity index (χ4v) is 2.70. The van der Waals surface area contributed by atoms with Crippen LogP contribution in [0.15, 0.2) is 0 Å². The maximum Gasteiger partial charge on any atom is 0.317 e. The van der Waals surface area contributed by atoms with E-state index < -0.39 is 43.4 Å². The van der Waals surface area contributed by atoms with Crippen LogP contribution in [-0.4, -0.2) is 154 Å². The Balaban J connectivity index is 0. The van der Waals surface area contributed by atoms with Crippen LogP contribution in [0.1, 0.15) is 26.7 Å². The van der Waals surface area contributed by atoms with Crippen LogP contribution >= 0.6 is 0 Å². The Morgan fingerprint density at radius 3 is 1.38 bits per heavy atom. The number of carboxylic acid groups (broad SMARTS) is 3. The number of amides is 1. The van der Waals surface area contributed by atoms with Crippen molar-refractivity contribution in [1.82, 2.24) is 15.1 Å². The Labute approximate surface area is 229 Å². The third-order valence-corrected chi connectivity index (χ3v) is 4.24. The number of carboxylic acids is 3. The van der Waals surface area contributed by atoms with Crippen molar-refractivity contribution >= 4 is 30.1 Å². The van der Waals surface area contributed by atoms with Crippen molar-refractivity contribution in [2.75, 3.05) is 98.7 Å². The third-order valence-electron chi connectivity index (χ3n) is 4.24. The van der Waals surface area contributed by atoms with E-state index in [2.05, 4.69) is 19.2 Å². The zero-order chi connectivity index (χ0) is 29.7. The summed E-state index contributed by atoms with van der Waals surface area (Å²) in [5.41, 5.74) is 0. The van der Waals surface area contributed by atoms with Crippen LogP contribution in [0, 0.1) is 0 Å². The van der Waals surface area contributed by atoms with Crippen LogP contribution in [0.2, 0.25) is 0 Å². The van der Waals surface area contributed by atoms with Gasteiger partial charge in [-0.05, 0) is 0 Å². The summed E-state index contributed by atoms with van der Waals surface area (Å²) in [4.78, 5) is 57.4. The molecule has 0 radical (unpaired) electrons. The largest absolute Gasteiger partial charge is 0.480 e. The van der Waals surface area contributed by atoms with Gasteiger partial charge in [0.25, 0.3) is 0 Å². The predicted octanol–water partition coefficient (Wildman–Crippen LogP) is -0.968. The van der Waals surface area contributed by atoms with Crippen LogP contribution in [0.4, 0.5) is 0 Å². The molecule has 0 saturated carbocycles. The Morgan fingerprint density at radius 2 is 1.00 bits per heavy atom. The van der Waals surface area contributed by atoms with E-state index in [1.54, 1.807) is 0 Å². The average Bonchev–Trinajstić information content (AvgIpc) is 2.84. The molecule has 0 unspecified atom stereocenters. The highest BCUT2D eigenvalue weighted by Gasteiger charge is 2.18. The molecule has 0 bridgehead atoms. The first-order valence-corrected chi connectivity index (χ1v) is 12.8. The van der Waals surface area contributed by atoms with Crippen molar-refractivity contribution in [3.05, 3.63) is 0 Å². The number of ether oxygens (including phenoxy) is 4. The standard InChI is InChI=1S/C21H37N3O12.C3H8/c25-5-1-6-33-8-10-35-12-13-36-11-9-34-7-2-22-18(26)14-23(15-19(27)28)3-4-24(16-20(29)30)17-21(31)32;1-3-2/h5H,1-4,6-17H2,(H,22,26)(H,27,28)(H,29,30)(H,31,32);3H2,1-2H3. The first kappa shape index (κ1) is 38.5. The zero-order valence-electron chi connectivity index (χ0n) is 23.0. The average molecular weight is 568 g/mol. The topological polar surface area (TPSA) is 201 Å². The number of carbonyl (C=O) groups excluding carboxylic acids is 2. The fourth-order valence-electron chi connectivity index (χ4n) is 2.70. The second kappa shape index (κ2) is 28.3. The van der Waals surface area contributed by atoms with Gasteiger partial charge in [0.2, 0.25) is 5.91 Å². The molecule has 0 saturated heterocycles. The summed E-state index contributed by atoms with van der Waals surface area (Å²) >= 11 is 0.